The van der Waals surface area contributed by atoms with Crippen LogP contribution in [0.3, 0.4) is 0 Å². The zero-order valence-corrected chi connectivity index (χ0v) is 21.7. The van der Waals surface area contributed by atoms with Gasteiger partial charge in [-0.2, -0.15) is 0 Å². The number of carbonyl (C=O) groups is 2. The molecule has 0 radical (unpaired) electrons. The molecular formula is C31H27N3O3S. The van der Waals surface area contributed by atoms with Crippen molar-refractivity contribution < 1.29 is 14.0 Å². The summed E-state index contributed by atoms with van der Waals surface area (Å²) in [6, 6.07) is 32.4. The second kappa shape index (κ2) is 11.8. The van der Waals surface area contributed by atoms with Crippen LogP contribution in [0, 0.1) is 0 Å². The maximum atomic E-state index is 13.5. The molecule has 0 bridgehead atoms. The molecule has 1 unspecified atom stereocenters. The van der Waals surface area contributed by atoms with E-state index in [4.69, 9.17) is 4.42 Å². The molecule has 5 rings (SSSR count). The number of fused-ring (bicyclic) bond motifs is 1. The first kappa shape index (κ1) is 25.3. The number of rotatable bonds is 9. The van der Waals surface area contributed by atoms with Gasteiger partial charge in [0.2, 0.25) is 17.7 Å². The van der Waals surface area contributed by atoms with Gasteiger partial charge in [0.1, 0.15) is 10.8 Å². The van der Waals surface area contributed by atoms with Crippen LogP contribution >= 0.6 is 11.8 Å². The van der Waals surface area contributed by atoms with Crippen LogP contribution in [-0.2, 0) is 9.59 Å². The molecule has 5 aromatic rings. The van der Waals surface area contributed by atoms with Crippen molar-refractivity contribution in [2.45, 2.75) is 29.9 Å². The number of hydrogen-bond acceptors (Lipinski definition) is 5. The van der Waals surface area contributed by atoms with Crippen molar-refractivity contribution in [3.8, 4) is 11.5 Å². The first-order valence-electron chi connectivity index (χ1n) is 12.5. The first-order valence-corrected chi connectivity index (χ1v) is 13.4. The fraction of sp³-hybridized carbons (Fsp3) is 0.129. The third-order valence-electron chi connectivity index (χ3n) is 5.90. The van der Waals surface area contributed by atoms with E-state index in [-0.39, 0.29) is 11.8 Å². The van der Waals surface area contributed by atoms with Gasteiger partial charge in [-0.3, -0.25) is 9.59 Å². The Morgan fingerprint density at radius 2 is 1.47 bits per heavy atom. The van der Waals surface area contributed by atoms with Crippen molar-refractivity contribution in [1.29, 1.82) is 0 Å². The fourth-order valence-electron chi connectivity index (χ4n) is 4.00. The number of para-hydroxylation sites is 2. The molecule has 0 aliphatic carbocycles. The Morgan fingerprint density at radius 3 is 2.18 bits per heavy atom. The highest BCUT2D eigenvalue weighted by Crippen LogP contribution is 2.37. The Hall–Kier alpha value is -4.36. The van der Waals surface area contributed by atoms with Crippen LogP contribution in [0.25, 0.3) is 22.6 Å². The number of aromatic nitrogens is 1. The SMILES string of the molecule is CCCC(=O)Nc1ccc(SC(C(=O)Nc2ccc(-c3nc4ccccc4o3)cc2)c2ccccc2)cc1. The monoisotopic (exact) mass is 521 g/mol. The van der Waals surface area contributed by atoms with Gasteiger partial charge >= 0.3 is 0 Å². The van der Waals surface area contributed by atoms with E-state index in [0.29, 0.717) is 18.0 Å². The molecule has 0 aliphatic heterocycles. The molecule has 4 aromatic carbocycles. The van der Waals surface area contributed by atoms with Crippen LogP contribution in [0.2, 0.25) is 0 Å². The molecule has 0 spiro atoms. The summed E-state index contributed by atoms with van der Waals surface area (Å²) in [5.41, 5.74) is 4.70. The molecule has 0 fully saturated rings. The molecule has 0 saturated heterocycles. The largest absolute Gasteiger partial charge is 0.436 e. The Bertz CT molecular complexity index is 1500. The summed E-state index contributed by atoms with van der Waals surface area (Å²) in [4.78, 5) is 30.8. The van der Waals surface area contributed by atoms with Gasteiger partial charge in [-0.05, 0) is 72.6 Å². The van der Waals surface area contributed by atoms with Crippen molar-refractivity contribution in [1.82, 2.24) is 4.98 Å². The quantitative estimate of drug-likeness (QED) is 0.194. The Kier molecular flexibility index (Phi) is 7.85. The van der Waals surface area contributed by atoms with E-state index in [2.05, 4.69) is 15.6 Å². The summed E-state index contributed by atoms with van der Waals surface area (Å²) in [6.45, 7) is 1.97. The van der Waals surface area contributed by atoms with Gasteiger partial charge in [0.25, 0.3) is 0 Å². The van der Waals surface area contributed by atoms with Crippen molar-refractivity contribution in [2.75, 3.05) is 10.6 Å². The number of nitrogens with one attached hydrogen (secondary N) is 2. The molecule has 2 N–H and O–H groups in total. The number of amides is 2. The van der Waals surface area contributed by atoms with Crippen molar-refractivity contribution in [3.63, 3.8) is 0 Å². The lowest BCUT2D eigenvalue weighted by atomic mass is 10.1. The van der Waals surface area contributed by atoms with Gasteiger partial charge in [0, 0.05) is 28.3 Å². The molecule has 190 valence electrons. The summed E-state index contributed by atoms with van der Waals surface area (Å²) >= 11 is 1.46. The summed E-state index contributed by atoms with van der Waals surface area (Å²) in [6.07, 6.45) is 1.29. The average molecular weight is 522 g/mol. The average Bonchev–Trinajstić information content (AvgIpc) is 3.38. The molecule has 7 heteroatoms. The van der Waals surface area contributed by atoms with Crippen molar-refractivity contribution in [3.05, 3.63) is 109 Å². The van der Waals surface area contributed by atoms with Crippen LogP contribution in [0.5, 0.6) is 0 Å². The molecule has 0 saturated carbocycles. The predicted octanol–water partition coefficient (Wildman–Crippen LogP) is 7.71. The zero-order chi connectivity index (χ0) is 26.3. The second-order valence-corrected chi connectivity index (χ2v) is 9.96. The Labute approximate surface area is 225 Å². The summed E-state index contributed by atoms with van der Waals surface area (Å²) in [5, 5.41) is 5.48. The minimum Gasteiger partial charge on any atom is -0.436 e. The minimum atomic E-state index is -0.464. The lowest BCUT2D eigenvalue weighted by molar-refractivity contribution is -0.116. The number of anilines is 2. The third kappa shape index (κ3) is 6.12. The highest BCUT2D eigenvalue weighted by atomic mass is 32.2. The lowest BCUT2D eigenvalue weighted by Gasteiger charge is -2.17. The predicted molar refractivity (Wildman–Crippen MR) is 153 cm³/mol. The highest BCUT2D eigenvalue weighted by Gasteiger charge is 2.22. The number of carbonyl (C=O) groups excluding carboxylic acids is 2. The normalized spacial score (nSPS) is 11.7. The summed E-state index contributed by atoms with van der Waals surface area (Å²) in [7, 11) is 0. The zero-order valence-electron chi connectivity index (χ0n) is 20.9. The van der Waals surface area contributed by atoms with E-state index in [1.54, 1.807) is 0 Å². The van der Waals surface area contributed by atoms with E-state index in [1.807, 2.05) is 110 Å². The molecule has 0 aliphatic rings. The second-order valence-electron chi connectivity index (χ2n) is 8.78. The molecule has 1 heterocycles. The van der Waals surface area contributed by atoms with E-state index in [9.17, 15) is 9.59 Å². The number of benzene rings is 4. The standard InChI is InChI=1S/C31H27N3O3S/c1-2-8-28(35)32-23-17-19-25(20-18-23)38-29(21-9-4-3-5-10-21)30(36)33-24-15-13-22(14-16-24)31-34-26-11-6-7-12-27(26)37-31/h3-7,9-20,29H,2,8H2,1H3,(H,32,35)(H,33,36). The van der Waals surface area contributed by atoms with Gasteiger partial charge in [0.05, 0.1) is 0 Å². The van der Waals surface area contributed by atoms with Crippen molar-refractivity contribution >= 4 is 46.1 Å². The molecule has 6 nitrogen and oxygen atoms in total. The minimum absolute atomic E-state index is 0.00318. The van der Waals surface area contributed by atoms with Gasteiger partial charge in [-0.15, -0.1) is 11.8 Å². The maximum Gasteiger partial charge on any atom is 0.242 e. The number of nitrogens with zero attached hydrogens (tertiary/aromatic N) is 1. The molecule has 2 amide bonds. The third-order valence-corrected chi connectivity index (χ3v) is 7.17. The smallest absolute Gasteiger partial charge is 0.242 e. The van der Waals surface area contributed by atoms with Crippen molar-refractivity contribution in [2.24, 2.45) is 0 Å². The lowest BCUT2D eigenvalue weighted by Crippen LogP contribution is -2.19. The summed E-state index contributed by atoms with van der Waals surface area (Å²) in [5.74, 6) is 0.406. The van der Waals surface area contributed by atoms with Gasteiger partial charge in [0.15, 0.2) is 5.58 Å². The number of thioether (sulfide) groups is 1. The molecular weight excluding hydrogens is 494 g/mol. The highest BCUT2D eigenvalue weighted by molar-refractivity contribution is 8.00. The van der Waals surface area contributed by atoms with Crippen LogP contribution in [-0.4, -0.2) is 16.8 Å². The van der Waals surface area contributed by atoms with Crippen LogP contribution in [0.4, 0.5) is 11.4 Å². The fourth-order valence-corrected chi connectivity index (χ4v) is 5.03. The van der Waals surface area contributed by atoms with Crippen LogP contribution in [0.15, 0.2) is 112 Å². The molecule has 1 atom stereocenters. The van der Waals surface area contributed by atoms with E-state index in [0.717, 1.165) is 39.2 Å². The van der Waals surface area contributed by atoms with Gasteiger partial charge in [-0.1, -0.05) is 49.4 Å². The van der Waals surface area contributed by atoms with Crippen LogP contribution < -0.4 is 10.6 Å². The maximum absolute atomic E-state index is 13.5. The molecule has 38 heavy (non-hydrogen) atoms. The first-order chi connectivity index (χ1) is 18.6. The van der Waals surface area contributed by atoms with E-state index in [1.165, 1.54) is 11.8 Å². The number of oxazole rings is 1. The summed E-state index contributed by atoms with van der Waals surface area (Å²) < 4.78 is 5.85. The van der Waals surface area contributed by atoms with Gasteiger partial charge in [-0.25, -0.2) is 4.98 Å². The van der Waals surface area contributed by atoms with Gasteiger partial charge < -0.3 is 15.1 Å². The molecule has 1 aromatic heterocycles. The Morgan fingerprint density at radius 1 is 0.816 bits per heavy atom. The van der Waals surface area contributed by atoms with E-state index < -0.39 is 5.25 Å². The number of hydrogen-bond donors (Lipinski definition) is 2. The Balaban J connectivity index is 1.30. The topological polar surface area (TPSA) is 84.2 Å². The van der Waals surface area contributed by atoms with Crippen LogP contribution in [0.1, 0.15) is 30.6 Å². The van der Waals surface area contributed by atoms with E-state index >= 15 is 0 Å².